The van der Waals surface area contributed by atoms with E-state index >= 15 is 0 Å². The number of carbonyl (C=O) groups is 3. The van der Waals surface area contributed by atoms with Crippen molar-refractivity contribution in [3.8, 4) is 11.5 Å². The van der Waals surface area contributed by atoms with Gasteiger partial charge in [0, 0.05) is 25.1 Å². The van der Waals surface area contributed by atoms with Gasteiger partial charge in [-0.15, -0.1) is 0 Å². The van der Waals surface area contributed by atoms with Crippen molar-refractivity contribution >= 4 is 23.3 Å². The van der Waals surface area contributed by atoms with Crippen LogP contribution >= 0.6 is 0 Å². The summed E-state index contributed by atoms with van der Waals surface area (Å²) in [5, 5.41) is 2.92. The fourth-order valence-electron chi connectivity index (χ4n) is 3.77. The molecule has 0 atom stereocenters. The Bertz CT molecular complexity index is 1020. The first-order valence-corrected chi connectivity index (χ1v) is 12.0. The number of para-hydroxylation sites is 1. The number of ketones is 1. The summed E-state index contributed by atoms with van der Waals surface area (Å²) in [7, 11) is 0. The second-order valence-corrected chi connectivity index (χ2v) is 8.83. The molecule has 7 heteroatoms. The predicted molar refractivity (Wildman–Crippen MR) is 132 cm³/mol. The highest BCUT2D eigenvalue weighted by Gasteiger charge is 2.26. The number of nitrogens with zero attached hydrogens (tertiary/aromatic N) is 1. The number of benzene rings is 2. The van der Waals surface area contributed by atoms with E-state index in [9.17, 15) is 14.4 Å². The van der Waals surface area contributed by atoms with Crippen molar-refractivity contribution in [2.75, 3.05) is 31.2 Å². The molecule has 182 valence electrons. The van der Waals surface area contributed by atoms with Gasteiger partial charge in [-0.1, -0.05) is 39.0 Å². The van der Waals surface area contributed by atoms with Gasteiger partial charge in [0.2, 0.25) is 5.91 Å². The second-order valence-electron chi connectivity index (χ2n) is 8.83. The number of hydrogen-bond donors (Lipinski definition) is 1. The quantitative estimate of drug-likeness (QED) is 0.475. The van der Waals surface area contributed by atoms with Gasteiger partial charge in [-0.05, 0) is 55.0 Å². The Hall–Kier alpha value is -3.35. The molecule has 1 aliphatic rings. The summed E-state index contributed by atoms with van der Waals surface area (Å²) < 4.78 is 11.3. The summed E-state index contributed by atoms with van der Waals surface area (Å²) in [6.07, 6.45) is 2.61. The Balaban J connectivity index is 1.61. The maximum atomic E-state index is 12.8. The molecule has 2 aromatic rings. The number of hydrogen-bond acceptors (Lipinski definition) is 5. The zero-order valence-electron chi connectivity index (χ0n) is 20.3. The summed E-state index contributed by atoms with van der Waals surface area (Å²) >= 11 is 0. The summed E-state index contributed by atoms with van der Waals surface area (Å²) in [5.74, 6) is 1.39. The van der Waals surface area contributed by atoms with Crippen LogP contribution in [0.4, 0.5) is 5.69 Å². The zero-order valence-corrected chi connectivity index (χ0v) is 20.3. The second kappa shape index (κ2) is 12.2. The van der Waals surface area contributed by atoms with Crippen LogP contribution in [0.1, 0.15) is 56.0 Å². The Morgan fingerprint density at radius 2 is 1.97 bits per heavy atom. The van der Waals surface area contributed by atoms with Gasteiger partial charge in [-0.2, -0.15) is 0 Å². The van der Waals surface area contributed by atoms with E-state index < -0.39 is 0 Å². The van der Waals surface area contributed by atoms with E-state index in [1.54, 1.807) is 23.1 Å². The molecule has 0 spiro atoms. The molecule has 2 amide bonds. The number of aryl methyl sites for hydroxylation is 1. The molecule has 0 bridgehead atoms. The van der Waals surface area contributed by atoms with Crippen LogP contribution in [0.25, 0.3) is 0 Å². The molecular weight excluding hydrogens is 432 g/mol. The molecule has 2 aromatic carbocycles. The predicted octanol–water partition coefficient (Wildman–Crippen LogP) is 4.18. The Morgan fingerprint density at radius 3 is 2.74 bits per heavy atom. The van der Waals surface area contributed by atoms with Crippen LogP contribution in [0.2, 0.25) is 0 Å². The fraction of sp³-hybridized carbons (Fsp3) is 0.444. The Morgan fingerprint density at radius 1 is 1.18 bits per heavy atom. The number of amides is 2. The summed E-state index contributed by atoms with van der Waals surface area (Å²) in [6, 6.07) is 12.7. The van der Waals surface area contributed by atoms with E-state index in [-0.39, 0.29) is 30.8 Å². The highest BCUT2D eigenvalue weighted by atomic mass is 16.5. The first-order chi connectivity index (χ1) is 16.4. The molecule has 7 nitrogen and oxygen atoms in total. The number of carbonyl (C=O) groups excluding carboxylic acids is 3. The lowest BCUT2D eigenvalue weighted by molar-refractivity contribution is -0.122. The van der Waals surface area contributed by atoms with Crippen LogP contribution in [0.5, 0.6) is 11.5 Å². The topological polar surface area (TPSA) is 84.9 Å². The summed E-state index contributed by atoms with van der Waals surface area (Å²) in [5.41, 5.74) is 2.04. The van der Waals surface area contributed by atoms with Crippen LogP contribution in [0.3, 0.4) is 0 Å². The molecule has 0 unspecified atom stereocenters. The van der Waals surface area contributed by atoms with Crippen LogP contribution in [-0.4, -0.2) is 43.9 Å². The molecule has 34 heavy (non-hydrogen) atoms. The highest BCUT2D eigenvalue weighted by Crippen LogP contribution is 2.33. The van der Waals surface area contributed by atoms with Crippen molar-refractivity contribution in [1.29, 1.82) is 0 Å². The van der Waals surface area contributed by atoms with Gasteiger partial charge in [0.15, 0.2) is 19.0 Å². The van der Waals surface area contributed by atoms with Crippen molar-refractivity contribution in [3.63, 3.8) is 0 Å². The normalized spacial score (nSPS) is 12.8. The smallest absolute Gasteiger partial charge is 0.265 e. The maximum Gasteiger partial charge on any atom is 0.265 e. The standard InChI is InChI=1S/C27H34N2O5/c1-4-20-8-5-6-9-24(20)33-17-23(30)21-11-12-25-22(16-21)29(27(32)18-34-25)15-7-10-26(31)28-14-13-19(2)3/h5-6,8-9,11-12,16,19H,4,7,10,13-15,17-18H2,1-3H3,(H,28,31). The minimum atomic E-state index is -0.189. The zero-order chi connectivity index (χ0) is 24.5. The number of ether oxygens (including phenoxy) is 2. The average molecular weight is 467 g/mol. The molecule has 1 N–H and O–H groups in total. The van der Waals surface area contributed by atoms with Gasteiger partial charge >= 0.3 is 0 Å². The molecule has 0 saturated heterocycles. The number of Topliss-reactive ketones (excluding diaryl/α,β-unsaturated/α-hetero) is 1. The molecule has 1 aliphatic heterocycles. The Labute approximate surface area is 201 Å². The SMILES string of the molecule is CCc1ccccc1OCC(=O)c1ccc2c(c1)N(CCCC(=O)NCCC(C)C)C(=O)CO2. The van der Waals surface area contributed by atoms with Crippen molar-refractivity contribution < 1.29 is 23.9 Å². The largest absolute Gasteiger partial charge is 0.485 e. The first-order valence-electron chi connectivity index (χ1n) is 12.0. The van der Waals surface area contributed by atoms with E-state index in [1.807, 2.05) is 31.2 Å². The molecule has 3 rings (SSSR count). The van der Waals surface area contributed by atoms with E-state index in [4.69, 9.17) is 9.47 Å². The number of fused-ring (bicyclic) bond motifs is 1. The molecular formula is C27H34N2O5. The third-order valence-electron chi connectivity index (χ3n) is 5.77. The summed E-state index contributed by atoms with van der Waals surface area (Å²) in [4.78, 5) is 39.0. The van der Waals surface area contributed by atoms with Crippen molar-refractivity contribution in [2.45, 2.75) is 46.5 Å². The lowest BCUT2D eigenvalue weighted by Gasteiger charge is -2.29. The fourth-order valence-corrected chi connectivity index (χ4v) is 3.77. The highest BCUT2D eigenvalue weighted by molar-refractivity contribution is 6.02. The van der Waals surface area contributed by atoms with Crippen LogP contribution in [-0.2, 0) is 16.0 Å². The number of rotatable bonds is 12. The molecule has 1 heterocycles. The minimum Gasteiger partial charge on any atom is -0.485 e. The molecule has 0 saturated carbocycles. The molecule has 0 radical (unpaired) electrons. The number of anilines is 1. The van der Waals surface area contributed by atoms with Gasteiger partial charge in [-0.25, -0.2) is 0 Å². The summed E-state index contributed by atoms with van der Waals surface area (Å²) in [6.45, 7) is 7.15. The van der Waals surface area contributed by atoms with Crippen LogP contribution < -0.4 is 19.7 Å². The van der Waals surface area contributed by atoms with Crippen LogP contribution in [0, 0.1) is 5.92 Å². The van der Waals surface area contributed by atoms with Gasteiger partial charge in [-0.3, -0.25) is 14.4 Å². The third-order valence-corrected chi connectivity index (χ3v) is 5.77. The van der Waals surface area contributed by atoms with Gasteiger partial charge in [0.1, 0.15) is 11.5 Å². The lowest BCUT2D eigenvalue weighted by atomic mass is 10.1. The van der Waals surface area contributed by atoms with Gasteiger partial charge in [0.05, 0.1) is 5.69 Å². The van der Waals surface area contributed by atoms with Crippen molar-refractivity contribution in [2.24, 2.45) is 5.92 Å². The number of nitrogens with one attached hydrogen (secondary N) is 1. The van der Waals surface area contributed by atoms with E-state index in [1.165, 1.54) is 0 Å². The monoisotopic (exact) mass is 466 g/mol. The lowest BCUT2D eigenvalue weighted by Crippen LogP contribution is -2.40. The molecule has 0 fully saturated rings. The van der Waals surface area contributed by atoms with Crippen molar-refractivity contribution in [3.05, 3.63) is 53.6 Å². The van der Waals surface area contributed by atoms with E-state index in [2.05, 4.69) is 19.2 Å². The minimum absolute atomic E-state index is 0.0185. The van der Waals surface area contributed by atoms with Crippen LogP contribution in [0.15, 0.2) is 42.5 Å². The maximum absolute atomic E-state index is 12.8. The van der Waals surface area contributed by atoms with Gasteiger partial charge < -0.3 is 19.7 Å². The Kier molecular flexibility index (Phi) is 9.08. The van der Waals surface area contributed by atoms with E-state index in [0.717, 1.165) is 18.4 Å². The average Bonchev–Trinajstić information content (AvgIpc) is 2.83. The first kappa shape index (κ1) is 25.3. The van der Waals surface area contributed by atoms with Gasteiger partial charge in [0.25, 0.3) is 5.91 Å². The van der Waals surface area contributed by atoms with Crippen molar-refractivity contribution in [1.82, 2.24) is 5.32 Å². The molecule has 0 aromatic heterocycles. The van der Waals surface area contributed by atoms with E-state index in [0.29, 0.717) is 54.6 Å². The molecule has 0 aliphatic carbocycles. The third kappa shape index (κ3) is 6.83.